The largest absolute Gasteiger partial charge is 0.421 e. The Morgan fingerprint density at radius 3 is 2.54 bits per heavy atom. The van der Waals surface area contributed by atoms with Crippen LogP contribution >= 0.6 is 11.3 Å². The van der Waals surface area contributed by atoms with Crippen molar-refractivity contribution < 1.29 is 14.3 Å². The van der Waals surface area contributed by atoms with Gasteiger partial charge in [0.1, 0.15) is 5.75 Å². The number of ether oxygens (including phenoxy) is 1. The Bertz CT molecular complexity index is 1140. The lowest BCUT2D eigenvalue weighted by atomic mass is 10.2. The predicted octanol–water partition coefficient (Wildman–Crippen LogP) is 3.31. The van der Waals surface area contributed by atoms with Crippen LogP contribution in [0.4, 0.5) is 0 Å². The van der Waals surface area contributed by atoms with Gasteiger partial charge in [-0.1, -0.05) is 30.3 Å². The van der Waals surface area contributed by atoms with Crippen molar-refractivity contribution >= 4 is 23.2 Å². The van der Waals surface area contributed by atoms with Gasteiger partial charge >= 0.3 is 5.97 Å². The van der Waals surface area contributed by atoms with Gasteiger partial charge in [0.05, 0.1) is 10.6 Å². The number of carbonyl (C=O) groups excluding carboxylic acids is 2. The molecule has 7 nitrogen and oxygen atoms in total. The minimum Gasteiger partial charge on any atom is -0.421 e. The number of para-hydroxylation sites is 1. The molecule has 0 aliphatic carbocycles. The van der Waals surface area contributed by atoms with E-state index in [1.807, 2.05) is 47.8 Å². The van der Waals surface area contributed by atoms with Crippen LogP contribution in [0, 0.1) is 0 Å². The minimum absolute atomic E-state index is 0.0864. The molecule has 2 N–H and O–H groups in total. The number of hydrogen-bond acceptors (Lipinski definition) is 6. The van der Waals surface area contributed by atoms with Crippen LogP contribution < -0.4 is 10.5 Å². The number of nitrogens with two attached hydrogens (primary N) is 1. The summed E-state index contributed by atoms with van der Waals surface area (Å²) in [5.74, 6) is -0.690. The predicted molar refractivity (Wildman–Crippen MR) is 105 cm³/mol. The number of benzene rings is 2. The minimum atomic E-state index is -0.728. The summed E-state index contributed by atoms with van der Waals surface area (Å²) in [6, 6.07) is 19.3. The van der Waals surface area contributed by atoms with Crippen LogP contribution in [-0.4, -0.2) is 26.6 Å². The van der Waals surface area contributed by atoms with Gasteiger partial charge in [-0.25, -0.2) is 9.48 Å². The van der Waals surface area contributed by atoms with E-state index in [1.54, 1.807) is 16.8 Å². The van der Waals surface area contributed by atoms with Gasteiger partial charge in [-0.15, -0.1) is 16.4 Å². The molecular weight excluding hydrogens is 376 g/mol. The first kappa shape index (κ1) is 17.6. The molecule has 0 spiro atoms. The van der Waals surface area contributed by atoms with Crippen LogP contribution in [0.2, 0.25) is 0 Å². The maximum Gasteiger partial charge on any atom is 0.383 e. The van der Waals surface area contributed by atoms with Crippen molar-refractivity contribution in [3.8, 4) is 22.1 Å². The molecule has 2 aromatic carbocycles. The number of aromatic nitrogens is 3. The van der Waals surface area contributed by atoms with Crippen LogP contribution in [0.3, 0.4) is 0 Å². The summed E-state index contributed by atoms with van der Waals surface area (Å²) in [5.41, 5.74) is 6.27. The maximum absolute atomic E-state index is 12.6. The van der Waals surface area contributed by atoms with Gasteiger partial charge in [-0.3, -0.25) is 4.79 Å². The first-order valence-electron chi connectivity index (χ1n) is 8.30. The molecule has 4 aromatic rings. The van der Waals surface area contributed by atoms with Crippen LogP contribution in [0.15, 0.2) is 72.1 Å². The van der Waals surface area contributed by atoms with Crippen molar-refractivity contribution in [3.63, 3.8) is 0 Å². The second-order valence-electron chi connectivity index (χ2n) is 5.77. The average Bonchev–Trinajstić information content (AvgIpc) is 3.38. The third kappa shape index (κ3) is 3.53. The topological polar surface area (TPSA) is 100 Å². The highest BCUT2D eigenvalue weighted by Gasteiger charge is 2.21. The van der Waals surface area contributed by atoms with Crippen LogP contribution in [0.5, 0.6) is 5.75 Å². The Morgan fingerprint density at radius 1 is 1.00 bits per heavy atom. The molecular formula is C20H14N4O3S. The van der Waals surface area contributed by atoms with Gasteiger partial charge in [0.15, 0.2) is 5.82 Å². The molecule has 0 saturated carbocycles. The summed E-state index contributed by atoms with van der Waals surface area (Å²) in [5, 5.41) is 6.26. The molecule has 0 aliphatic rings. The molecule has 8 heteroatoms. The number of nitrogens with zero attached hydrogens (tertiary/aromatic N) is 3. The van der Waals surface area contributed by atoms with Crippen molar-refractivity contribution in [2.24, 2.45) is 5.73 Å². The molecule has 28 heavy (non-hydrogen) atoms. The molecule has 0 radical (unpaired) electrons. The van der Waals surface area contributed by atoms with Crippen LogP contribution in [-0.2, 0) is 0 Å². The molecule has 2 heterocycles. The highest BCUT2D eigenvalue weighted by atomic mass is 32.1. The van der Waals surface area contributed by atoms with Crippen molar-refractivity contribution in [3.05, 3.63) is 83.5 Å². The molecule has 4 rings (SSSR count). The number of rotatable bonds is 5. The van der Waals surface area contributed by atoms with Gasteiger partial charge in [0.2, 0.25) is 5.91 Å². The summed E-state index contributed by atoms with van der Waals surface area (Å²) in [6.45, 7) is 0. The molecule has 2 aromatic heterocycles. The monoisotopic (exact) mass is 390 g/mol. The summed E-state index contributed by atoms with van der Waals surface area (Å²) in [6.07, 6.45) is 0. The van der Waals surface area contributed by atoms with Crippen LogP contribution in [0.1, 0.15) is 21.0 Å². The van der Waals surface area contributed by atoms with Crippen molar-refractivity contribution in [2.45, 2.75) is 0 Å². The Morgan fingerprint density at radius 2 is 1.82 bits per heavy atom. The molecule has 0 aliphatic heterocycles. The SMILES string of the molecule is NC(=O)c1cccc(OC(=O)c2nc(-c3cccs3)n(-c3ccccc3)n2)c1. The lowest BCUT2D eigenvalue weighted by Crippen LogP contribution is -2.13. The molecule has 0 saturated heterocycles. The maximum atomic E-state index is 12.6. The van der Waals surface area contributed by atoms with Crippen molar-refractivity contribution in [1.29, 1.82) is 0 Å². The fourth-order valence-corrected chi connectivity index (χ4v) is 3.28. The highest BCUT2D eigenvalue weighted by Crippen LogP contribution is 2.26. The van der Waals surface area contributed by atoms with E-state index in [-0.39, 0.29) is 17.1 Å². The van der Waals surface area contributed by atoms with E-state index in [4.69, 9.17) is 10.5 Å². The molecule has 1 amide bonds. The van der Waals surface area contributed by atoms with Crippen LogP contribution in [0.25, 0.3) is 16.4 Å². The smallest absolute Gasteiger partial charge is 0.383 e. The zero-order valence-corrected chi connectivity index (χ0v) is 15.3. The second kappa shape index (κ2) is 7.45. The Balaban J connectivity index is 1.69. The number of thiophene rings is 1. The number of esters is 1. The van der Waals surface area contributed by atoms with Gasteiger partial charge < -0.3 is 10.5 Å². The van der Waals surface area contributed by atoms with E-state index in [9.17, 15) is 9.59 Å². The summed E-state index contributed by atoms with van der Waals surface area (Å²) >= 11 is 1.49. The molecule has 0 fully saturated rings. The van der Waals surface area contributed by atoms with Gasteiger partial charge in [-0.05, 0) is 41.8 Å². The number of amides is 1. The first-order valence-corrected chi connectivity index (χ1v) is 9.18. The van der Waals surface area contributed by atoms with E-state index in [0.29, 0.717) is 5.82 Å². The fourth-order valence-electron chi connectivity index (χ4n) is 2.58. The zero-order valence-electron chi connectivity index (χ0n) is 14.5. The molecule has 0 bridgehead atoms. The molecule has 138 valence electrons. The molecule has 0 unspecified atom stereocenters. The Labute approximate surface area is 164 Å². The van der Waals surface area contributed by atoms with E-state index in [1.165, 1.54) is 23.5 Å². The summed E-state index contributed by atoms with van der Waals surface area (Å²) in [7, 11) is 0. The van der Waals surface area contributed by atoms with Gasteiger partial charge in [0.25, 0.3) is 5.82 Å². The lowest BCUT2D eigenvalue weighted by Gasteiger charge is -2.03. The second-order valence-corrected chi connectivity index (χ2v) is 6.71. The Kier molecular flexibility index (Phi) is 4.69. The van der Waals surface area contributed by atoms with Crippen molar-refractivity contribution in [1.82, 2.24) is 14.8 Å². The lowest BCUT2D eigenvalue weighted by molar-refractivity contribution is 0.0721. The Hall–Kier alpha value is -3.78. The number of carbonyl (C=O) groups is 2. The normalized spacial score (nSPS) is 10.6. The van der Waals surface area contributed by atoms with E-state index in [2.05, 4.69) is 10.1 Å². The third-order valence-corrected chi connectivity index (χ3v) is 4.73. The fraction of sp³-hybridized carbons (Fsp3) is 0. The highest BCUT2D eigenvalue weighted by molar-refractivity contribution is 7.13. The van der Waals surface area contributed by atoms with Gasteiger partial charge in [-0.2, -0.15) is 4.98 Å². The number of primary amides is 1. The van der Waals surface area contributed by atoms with Crippen molar-refractivity contribution in [2.75, 3.05) is 0 Å². The van der Waals surface area contributed by atoms with E-state index >= 15 is 0 Å². The standard InChI is InChI=1S/C20H14N4O3S/c21-17(25)13-6-4-9-15(12-13)27-20(26)18-22-19(16-10-5-11-28-16)24(23-18)14-7-2-1-3-8-14/h1-12H,(H2,21,25). The number of hydrogen-bond donors (Lipinski definition) is 1. The average molecular weight is 390 g/mol. The first-order chi connectivity index (χ1) is 13.6. The molecule has 0 atom stereocenters. The summed E-state index contributed by atoms with van der Waals surface area (Å²) in [4.78, 5) is 29.1. The quantitative estimate of drug-likeness (QED) is 0.416. The zero-order chi connectivity index (χ0) is 19.5. The summed E-state index contributed by atoms with van der Waals surface area (Å²) < 4.78 is 6.93. The third-order valence-electron chi connectivity index (χ3n) is 3.86. The van der Waals surface area contributed by atoms with Gasteiger partial charge in [0, 0.05) is 5.56 Å². The van der Waals surface area contributed by atoms with E-state index in [0.717, 1.165) is 10.6 Å². The van der Waals surface area contributed by atoms with E-state index < -0.39 is 11.9 Å².